The van der Waals surface area contributed by atoms with Gasteiger partial charge in [0, 0.05) is 31.3 Å². The normalized spacial score (nSPS) is 10.3. The van der Waals surface area contributed by atoms with Crippen LogP contribution >= 0.6 is 11.5 Å². The molecule has 2 rings (SSSR count). The van der Waals surface area contributed by atoms with Gasteiger partial charge in [-0.05, 0) is 0 Å². The van der Waals surface area contributed by atoms with E-state index in [1.807, 2.05) is 0 Å². The van der Waals surface area contributed by atoms with Gasteiger partial charge in [-0.25, -0.2) is 9.97 Å². The molecule has 0 bridgehead atoms. The summed E-state index contributed by atoms with van der Waals surface area (Å²) in [7, 11) is 3.21. The van der Waals surface area contributed by atoms with Gasteiger partial charge in [-0.2, -0.15) is 9.36 Å². The van der Waals surface area contributed by atoms with Crippen LogP contribution in [0.2, 0.25) is 0 Å². The number of rotatable bonds is 6. The maximum Gasteiger partial charge on any atom is 0.216 e. The van der Waals surface area contributed by atoms with Crippen molar-refractivity contribution in [3.05, 3.63) is 12.4 Å². The highest BCUT2D eigenvalue weighted by molar-refractivity contribution is 7.09. The van der Waals surface area contributed by atoms with E-state index in [0.29, 0.717) is 30.5 Å². The summed E-state index contributed by atoms with van der Waals surface area (Å²) in [6, 6.07) is 1.70. The topological polar surface area (TPSA) is 82.0 Å². The van der Waals surface area contributed by atoms with E-state index in [-0.39, 0.29) is 0 Å². The molecule has 0 radical (unpaired) electrons. The van der Waals surface area contributed by atoms with Gasteiger partial charge in [0.25, 0.3) is 0 Å². The van der Waals surface area contributed by atoms with Gasteiger partial charge in [0.15, 0.2) is 5.82 Å². The predicted molar refractivity (Wildman–Crippen MR) is 67.9 cm³/mol. The first-order chi connectivity index (χ1) is 8.83. The maximum absolute atomic E-state index is 5.03. The van der Waals surface area contributed by atoms with Crippen molar-refractivity contribution >= 4 is 16.7 Å². The van der Waals surface area contributed by atoms with Crippen LogP contribution in [0.1, 0.15) is 0 Å². The van der Waals surface area contributed by atoms with Gasteiger partial charge in [0.1, 0.15) is 12.0 Å². The number of ether oxygens (including phenoxy) is 2. The van der Waals surface area contributed by atoms with Crippen LogP contribution in [0.5, 0.6) is 5.88 Å². The molecule has 0 aliphatic heterocycles. The first kappa shape index (κ1) is 12.7. The van der Waals surface area contributed by atoms with Gasteiger partial charge >= 0.3 is 0 Å². The maximum atomic E-state index is 5.03. The van der Waals surface area contributed by atoms with Gasteiger partial charge in [-0.3, -0.25) is 0 Å². The van der Waals surface area contributed by atoms with Gasteiger partial charge in [0.05, 0.1) is 13.7 Å². The lowest BCUT2D eigenvalue weighted by Gasteiger charge is -1.99. The summed E-state index contributed by atoms with van der Waals surface area (Å²) < 4.78 is 14.2. The summed E-state index contributed by atoms with van der Waals surface area (Å²) in [6.45, 7) is 1.31. The smallest absolute Gasteiger partial charge is 0.216 e. The highest BCUT2D eigenvalue weighted by Gasteiger charge is 2.08. The molecule has 0 unspecified atom stereocenters. The number of nitrogens with zero attached hydrogens (tertiary/aromatic N) is 4. The zero-order valence-electron chi connectivity index (χ0n) is 10.1. The highest BCUT2D eigenvalue weighted by atomic mass is 32.1. The Labute approximate surface area is 108 Å². The van der Waals surface area contributed by atoms with Crippen molar-refractivity contribution in [2.24, 2.45) is 0 Å². The number of hydrogen-bond acceptors (Lipinski definition) is 8. The molecule has 0 aliphatic rings. The minimum Gasteiger partial charge on any atom is -0.481 e. The van der Waals surface area contributed by atoms with Gasteiger partial charge in [-0.15, -0.1) is 0 Å². The summed E-state index contributed by atoms with van der Waals surface area (Å²) in [6.07, 6.45) is 1.42. The number of aromatic nitrogens is 4. The Morgan fingerprint density at radius 1 is 1.33 bits per heavy atom. The molecule has 0 fully saturated rings. The van der Waals surface area contributed by atoms with Crippen LogP contribution < -0.4 is 10.1 Å². The van der Waals surface area contributed by atoms with Crippen LogP contribution in [-0.2, 0) is 4.74 Å². The molecule has 2 heterocycles. The molecule has 0 atom stereocenters. The molecule has 96 valence electrons. The summed E-state index contributed by atoms with van der Waals surface area (Å²) >= 11 is 1.28. The monoisotopic (exact) mass is 267 g/mol. The van der Waals surface area contributed by atoms with Crippen molar-refractivity contribution in [3.63, 3.8) is 0 Å². The third kappa shape index (κ3) is 3.11. The summed E-state index contributed by atoms with van der Waals surface area (Å²) in [5.41, 5.74) is 0.637. The third-order valence-electron chi connectivity index (χ3n) is 2.09. The van der Waals surface area contributed by atoms with Crippen LogP contribution in [0.4, 0.5) is 5.13 Å². The predicted octanol–water partition coefficient (Wildman–Crippen LogP) is 1.06. The standard InChI is InChI=1S/C10H13N5O2S/c1-16-4-3-11-10-14-9(15-18-10)7-5-8(17-2)13-6-12-7/h5-6H,3-4H2,1-2H3,(H,11,14,15). The molecule has 0 saturated carbocycles. The summed E-state index contributed by atoms with van der Waals surface area (Å²) in [5.74, 6) is 1.05. The molecule has 0 spiro atoms. The molecule has 0 aliphatic carbocycles. The highest BCUT2D eigenvalue weighted by Crippen LogP contribution is 2.20. The molecule has 0 saturated heterocycles. The third-order valence-corrected chi connectivity index (χ3v) is 2.76. The minimum atomic E-state index is 0.490. The Kier molecular flexibility index (Phi) is 4.37. The molecular formula is C10H13N5O2S. The largest absolute Gasteiger partial charge is 0.481 e. The van der Waals surface area contributed by atoms with Crippen LogP contribution in [-0.4, -0.2) is 46.7 Å². The number of methoxy groups -OCH3 is 2. The van der Waals surface area contributed by atoms with E-state index < -0.39 is 0 Å². The fraction of sp³-hybridized carbons (Fsp3) is 0.400. The molecule has 7 nitrogen and oxygen atoms in total. The Morgan fingerprint density at radius 2 is 2.22 bits per heavy atom. The first-order valence-electron chi connectivity index (χ1n) is 5.26. The Balaban J connectivity index is 2.08. The van der Waals surface area contributed by atoms with Crippen LogP contribution in [0, 0.1) is 0 Å². The SMILES string of the molecule is COCCNc1nc(-c2cc(OC)ncn2)ns1. The molecule has 1 N–H and O–H groups in total. The molecule has 0 aromatic carbocycles. The molecule has 2 aromatic heterocycles. The van der Waals surface area contributed by atoms with E-state index >= 15 is 0 Å². The molecule has 8 heteroatoms. The Morgan fingerprint density at radius 3 is 3.00 bits per heavy atom. The van der Waals surface area contributed by atoms with Crippen molar-refractivity contribution < 1.29 is 9.47 Å². The lowest BCUT2D eigenvalue weighted by molar-refractivity contribution is 0.211. The number of anilines is 1. The van der Waals surface area contributed by atoms with Crippen molar-refractivity contribution in [2.45, 2.75) is 0 Å². The Hall–Kier alpha value is -1.80. The van der Waals surface area contributed by atoms with E-state index in [4.69, 9.17) is 9.47 Å². The van der Waals surface area contributed by atoms with Crippen LogP contribution in [0.15, 0.2) is 12.4 Å². The van der Waals surface area contributed by atoms with Gasteiger partial charge in [-0.1, -0.05) is 0 Å². The molecule has 2 aromatic rings. The molecule has 18 heavy (non-hydrogen) atoms. The van der Waals surface area contributed by atoms with E-state index in [9.17, 15) is 0 Å². The summed E-state index contributed by atoms with van der Waals surface area (Å²) in [5, 5.41) is 3.85. The molecular weight excluding hydrogens is 254 g/mol. The van der Waals surface area contributed by atoms with Crippen LogP contribution in [0.25, 0.3) is 11.5 Å². The fourth-order valence-electron chi connectivity index (χ4n) is 1.23. The van der Waals surface area contributed by atoms with E-state index in [2.05, 4.69) is 24.6 Å². The second-order valence-electron chi connectivity index (χ2n) is 3.29. The summed E-state index contributed by atoms with van der Waals surface area (Å²) in [4.78, 5) is 12.4. The van der Waals surface area contributed by atoms with Gasteiger partial charge < -0.3 is 14.8 Å². The molecule has 0 amide bonds. The Bertz CT molecular complexity index is 505. The zero-order chi connectivity index (χ0) is 12.8. The lowest BCUT2D eigenvalue weighted by Crippen LogP contribution is -2.07. The van der Waals surface area contributed by atoms with E-state index in [0.717, 1.165) is 5.13 Å². The number of hydrogen-bond donors (Lipinski definition) is 1. The number of nitrogens with one attached hydrogen (secondary N) is 1. The van der Waals surface area contributed by atoms with Crippen molar-refractivity contribution in [1.29, 1.82) is 0 Å². The lowest BCUT2D eigenvalue weighted by atomic mass is 10.4. The van der Waals surface area contributed by atoms with E-state index in [1.165, 1.54) is 17.9 Å². The van der Waals surface area contributed by atoms with Crippen molar-refractivity contribution in [1.82, 2.24) is 19.3 Å². The fourth-order valence-corrected chi connectivity index (χ4v) is 1.83. The average Bonchev–Trinajstić information content (AvgIpc) is 2.88. The van der Waals surface area contributed by atoms with Crippen molar-refractivity contribution in [3.8, 4) is 17.4 Å². The van der Waals surface area contributed by atoms with Crippen molar-refractivity contribution in [2.75, 3.05) is 32.7 Å². The average molecular weight is 267 g/mol. The minimum absolute atomic E-state index is 0.490. The zero-order valence-corrected chi connectivity index (χ0v) is 10.9. The quantitative estimate of drug-likeness (QED) is 0.784. The van der Waals surface area contributed by atoms with E-state index in [1.54, 1.807) is 20.3 Å². The first-order valence-corrected chi connectivity index (χ1v) is 6.03. The van der Waals surface area contributed by atoms with Crippen LogP contribution in [0.3, 0.4) is 0 Å². The second kappa shape index (κ2) is 6.22. The van der Waals surface area contributed by atoms with Gasteiger partial charge in [0.2, 0.25) is 11.0 Å². The second-order valence-corrected chi connectivity index (χ2v) is 4.04.